The maximum atomic E-state index is 13.5. The number of halogens is 5. The minimum atomic E-state index is -2.26. The molecule has 0 unspecified atom stereocenters. The van der Waals surface area contributed by atoms with E-state index in [1.165, 1.54) is 13.0 Å². The first-order valence-electron chi connectivity index (χ1n) is 5.03. The van der Waals surface area contributed by atoms with Gasteiger partial charge in [0, 0.05) is 5.69 Å². The van der Waals surface area contributed by atoms with Gasteiger partial charge in [0.2, 0.25) is 5.82 Å². The summed E-state index contributed by atoms with van der Waals surface area (Å²) in [6.45, 7) is 1.44. The molecule has 2 aromatic rings. The summed E-state index contributed by atoms with van der Waals surface area (Å²) in [7, 11) is 0. The van der Waals surface area contributed by atoms with Crippen molar-refractivity contribution in [2.24, 2.45) is 0 Å². The van der Waals surface area contributed by atoms with Gasteiger partial charge >= 0.3 is 0 Å². The van der Waals surface area contributed by atoms with E-state index in [0.717, 1.165) is 6.07 Å². The molecule has 0 aliphatic rings. The fraction of sp³-hybridized carbons (Fsp3) is 0.0833. The summed E-state index contributed by atoms with van der Waals surface area (Å²) >= 11 is 0. The number of pyridine rings is 1. The molecule has 1 aromatic heterocycles. The fourth-order valence-corrected chi connectivity index (χ4v) is 1.55. The predicted molar refractivity (Wildman–Crippen MR) is 55.9 cm³/mol. The van der Waals surface area contributed by atoms with Gasteiger partial charge in [-0.2, -0.15) is 0 Å². The van der Waals surface area contributed by atoms with Gasteiger partial charge in [-0.1, -0.05) is 0 Å². The van der Waals surface area contributed by atoms with E-state index in [-0.39, 0.29) is 5.69 Å². The molecule has 0 atom stereocenters. The smallest absolute Gasteiger partial charge is 0.200 e. The Kier molecular flexibility index (Phi) is 3.13. The van der Waals surface area contributed by atoms with E-state index in [0.29, 0.717) is 0 Å². The van der Waals surface area contributed by atoms with Crippen LogP contribution in [0, 0.1) is 36.0 Å². The maximum absolute atomic E-state index is 13.5. The first-order valence-corrected chi connectivity index (χ1v) is 5.03. The van der Waals surface area contributed by atoms with E-state index < -0.39 is 46.1 Å². The predicted octanol–water partition coefficient (Wildman–Crippen LogP) is 3.46. The average Bonchev–Trinajstić information content (AvgIpc) is 2.38. The molecule has 1 aromatic carbocycles. The van der Waals surface area contributed by atoms with Crippen molar-refractivity contribution in [2.75, 3.05) is 0 Å². The van der Waals surface area contributed by atoms with Gasteiger partial charge < -0.3 is 5.11 Å². The van der Waals surface area contributed by atoms with Crippen LogP contribution < -0.4 is 0 Å². The molecule has 0 bridgehead atoms. The molecule has 0 saturated carbocycles. The second kappa shape index (κ2) is 4.49. The van der Waals surface area contributed by atoms with Crippen LogP contribution in [0.15, 0.2) is 12.1 Å². The van der Waals surface area contributed by atoms with Crippen molar-refractivity contribution >= 4 is 0 Å². The van der Waals surface area contributed by atoms with Gasteiger partial charge in [0.25, 0.3) is 0 Å². The maximum Gasteiger partial charge on any atom is 0.200 e. The van der Waals surface area contributed by atoms with Crippen LogP contribution in [-0.2, 0) is 0 Å². The van der Waals surface area contributed by atoms with Gasteiger partial charge in [-0.05, 0) is 19.1 Å². The molecule has 0 saturated heterocycles. The lowest BCUT2D eigenvalue weighted by atomic mass is 10.1. The Hall–Kier alpha value is -2.18. The van der Waals surface area contributed by atoms with Crippen molar-refractivity contribution in [2.45, 2.75) is 6.92 Å². The Balaban J connectivity index is 2.87. The summed E-state index contributed by atoms with van der Waals surface area (Å²) in [5, 5.41) is 9.45. The van der Waals surface area contributed by atoms with E-state index >= 15 is 0 Å². The second-order valence-corrected chi connectivity index (χ2v) is 3.77. The van der Waals surface area contributed by atoms with E-state index in [9.17, 15) is 27.1 Å². The molecule has 100 valence electrons. The molecule has 0 amide bonds. The van der Waals surface area contributed by atoms with Crippen LogP contribution in [0.3, 0.4) is 0 Å². The first kappa shape index (κ1) is 13.3. The molecule has 7 heteroatoms. The number of hydrogen-bond acceptors (Lipinski definition) is 2. The van der Waals surface area contributed by atoms with Gasteiger partial charge in [0.05, 0.1) is 5.56 Å². The third-order valence-electron chi connectivity index (χ3n) is 2.46. The molecular formula is C12H6F5NO. The number of nitrogens with zero attached hydrogens (tertiary/aromatic N) is 1. The highest BCUT2D eigenvalue weighted by atomic mass is 19.2. The number of hydrogen-bond donors (Lipinski definition) is 1. The molecule has 0 radical (unpaired) electrons. The molecule has 2 nitrogen and oxygen atoms in total. The third kappa shape index (κ3) is 2.00. The second-order valence-electron chi connectivity index (χ2n) is 3.77. The van der Waals surface area contributed by atoms with E-state index in [1.807, 2.05) is 0 Å². The lowest BCUT2D eigenvalue weighted by Crippen LogP contribution is -2.05. The monoisotopic (exact) mass is 275 g/mol. The Bertz CT molecular complexity index is 643. The van der Waals surface area contributed by atoms with Crippen molar-refractivity contribution in [3.8, 4) is 17.0 Å². The molecular weight excluding hydrogens is 269 g/mol. The number of aromatic nitrogens is 1. The van der Waals surface area contributed by atoms with Gasteiger partial charge in [-0.15, -0.1) is 0 Å². The van der Waals surface area contributed by atoms with Crippen LogP contribution in [0.2, 0.25) is 0 Å². The topological polar surface area (TPSA) is 33.1 Å². The number of aryl methyl sites for hydroxylation is 1. The Morgan fingerprint density at radius 3 is 1.84 bits per heavy atom. The van der Waals surface area contributed by atoms with Crippen LogP contribution in [0.4, 0.5) is 22.0 Å². The highest BCUT2D eigenvalue weighted by molar-refractivity contribution is 5.67. The third-order valence-corrected chi connectivity index (χ3v) is 2.46. The number of benzene rings is 1. The van der Waals surface area contributed by atoms with Crippen molar-refractivity contribution in [3.63, 3.8) is 0 Å². The van der Waals surface area contributed by atoms with Crippen LogP contribution in [0.1, 0.15) is 5.69 Å². The normalized spacial score (nSPS) is 10.8. The van der Waals surface area contributed by atoms with E-state index in [2.05, 4.69) is 4.98 Å². The van der Waals surface area contributed by atoms with E-state index in [4.69, 9.17) is 0 Å². The zero-order valence-electron chi connectivity index (χ0n) is 9.44. The van der Waals surface area contributed by atoms with Crippen molar-refractivity contribution in [1.29, 1.82) is 0 Å². The minimum absolute atomic E-state index is 0.247. The number of rotatable bonds is 1. The zero-order valence-corrected chi connectivity index (χ0v) is 9.44. The summed E-state index contributed by atoms with van der Waals surface area (Å²) in [6, 6.07) is 2.38. The quantitative estimate of drug-likeness (QED) is 0.491. The summed E-state index contributed by atoms with van der Waals surface area (Å²) in [6.07, 6.45) is 0. The minimum Gasteiger partial charge on any atom is -0.506 e. The van der Waals surface area contributed by atoms with Gasteiger partial charge in [-0.25, -0.2) is 26.9 Å². The molecule has 0 fully saturated rings. The average molecular weight is 275 g/mol. The van der Waals surface area contributed by atoms with Crippen LogP contribution >= 0.6 is 0 Å². The standard InChI is InChI=1S/C12H6F5NO/c1-4-2-3-5(19)12(18-4)6-7(13)9(15)11(17)10(16)8(6)14/h2-3,19H,1H3. The largest absolute Gasteiger partial charge is 0.506 e. The molecule has 2 rings (SSSR count). The van der Waals surface area contributed by atoms with Crippen molar-refractivity contribution in [1.82, 2.24) is 4.98 Å². The molecule has 1 heterocycles. The van der Waals surface area contributed by atoms with Gasteiger partial charge in [0.15, 0.2) is 23.3 Å². The molecule has 0 spiro atoms. The number of aromatic hydroxyl groups is 1. The highest BCUT2D eigenvalue weighted by Crippen LogP contribution is 2.34. The van der Waals surface area contributed by atoms with Crippen LogP contribution in [0.25, 0.3) is 11.3 Å². The zero-order chi connectivity index (χ0) is 14.3. The molecule has 1 N–H and O–H groups in total. The van der Waals surface area contributed by atoms with Gasteiger partial charge in [0.1, 0.15) is 11.4 Å². The molecule has 0 aliphatic carbocycles. The summed E-state index contributed by atoms with van der Waals surface area (Å²) in [5.74, 6) is -11.2. The molecule has 19 heavy (non-hydrogen) atoms. The lowest BCUT2D eigenvalue weighted by Gasteiger charge is -2.09. The lowest BCUT2D eigenvalue weighted by molar-refractivity contribution is 0.380. The summed E-state index contributed by atoms with van der Waals surface area (Å²) < 4.78 is 66.0. The Labute approximate surface area is 104 Å². The Morgan fingerprint density at radius 1 is 0.842 bits per heavy atom. The molecule has 0 aliphatic heterocycles. The SMILES string of the molecule is Cc1ccc(O)c(-c2c(F)c(F)c(F)c(F)c2F)n1. The van der Waals surface area contributed by atoms with Crippen molar-refractivity contribution in [3.05, 3.63) is 46.9 Å². The fourth-order valence-electron chi connectivity index (χ4n) is 1.55. The summed E-state index contributed by atoms with van der Waals surface area (Å²) in [5.41, 5.74) is -1.71. The Morgan fingerprint density at radius 2 is 1.32 bits per heavy atom. The van der Waals surface area contributed by atoms with E-state index in [1.54, 1.807) is 0 Å². The summed E-state index contributed by atoms with van der Waals surface area (Å²) in [4.78, 5) is 3.59. The van der Waals surface area contributed by atoms with Gasteiger partial charge in [-0.3, -0.25) is 0 Å². The highest BCUT2D eigenvalue weighted by Gasteiger charge is 2.28. The van der Waals surface area contributed by atoms with Crippen LogP contribution in [0.5, 0.6) is 5.75 Å². The first-order chi connectivity index (χ1) is 8.84. The van der Waals surface area contributed by atoms with Crippen molar-refractivity contribution < 1.29 is 27.1 Å². The van der Waals surface area contributed by atoms with Crippen LogP contribution in [-0.4, -0.2) is 10.1 Å².